The second kappa shape index (κ2) is 8.45. The average molecular weight is 346 g/mol. The van der Waals surface area contributed by atoms with Crippen molar-refractivity contribution in [3.05, 3.63) is 35.4 Å². The summed E-state index contributed by atoms with van der Waals surface area (Å²) in [6.45, 7) is 6.00. The molecule has 1 N–H and O–H groups in total. The molecular formula is C19H26N2O4. The van der Waals surface area contributed by atoms with E-state index in [0.29, 0.717) is 11.5 Å². The lowest BCUT2D eigenvalue weighted by Crippen LogP contribution is -2.37. The van der Waals surface area contributed by atoms with E-state index in [1.54, 1.807) is 12.1 Å². The highest BCUT2D eigenvalue weighted by atomic mass is 16.5. The van der Waals surface area contributed by atoms with Crippen LogP contribution in [-0.2, 0) is 20.8 Å². The van der Waals surface area contributed by atoms with Crippen LogP contribution in [-0.4, -0.2) is 55.7 Å². The Hall–Kier alpha value is -1.92. The number of benzene rings is 1. The predicted molar refractivity (Wildman–Crippen MR) is 93.1 cm³/mol. The Morgan fingerprint density at radius 3 is 2.56 bits per heavy atom. The summed E-state index contributed by atoms with van der Waals surface area (Å²) in [5.74, 6) is -0.123. The summed E-state index contributed by atoms with van der Waals surface area (Å²) >= 11 is 0. The van der Waals surface area contributed by atoms with Gasteiger partial charge in [-0.2, -0.15) is 0 Å². The van der Waals surface area contributed by atoms with Gasteiger partial charge in [0.05, 0.1) is 18.8 Å². The third-order valence-electron chi connectivity index (χ3n) is 4.75. The number of hydrogen-bond acceptors (Lipinski definition) is 5. The zero-order valence-corrected chi connectivity index (χ0v) is 14.7. The number of amides is 1. The molecule has 1 atom stereocenters. The smallest absolute Gasteiger partial charge is 0.338 e. The molecule has 0 unspecified atom stereocenters. The van der Waals surface area contributed by atoms with Crippen LogP contribution in [0.25, 0.3) is 0 Å². The van der Waals surface area contributed by atoms with Crippen LogP contribution in [0.4, 0.5) is 0 Å². The molecule has 0 radical (unpaired) electrons. The SMILES string of the molecule is C[C@@H](NC(=O)COC(=O)c1ccc(CN2CCOCC2)cc1)C1CC1. The summed E-state index contributed by atoms with van der Waals surface area (Å²) in [7, 11) is 0. The van der Waals surface area contributed by atoms with E-state index in [1.807, 2.05) is 19.1 Å². The van der Waals surface area contributed by atoms with Crippen LogP contribution in [0.5, 0.6) is 0 Å². The molecule has 2 fully saturated rings. The molecule has 1 aliphatic heterocycles. The third-order valence-corrected chi connectivity index (χ3v) is 4.75. The van der Waals surface area contributed by atoms with E-state index in [9.17, 15) is 9.59 Å². The Bertz CT molecular complexity index is 592. The van der Waals surface area contributed by atoms with E-state index < -0.39 is 5.97 Å². The van der Waals surface area contributed by atoms with Crippen molar-refractivity contribution in [3.8, 4) is 0 Å². The van der Waals surface area contributed by atoms with Gasteiger partial charge in [0, 0.05) is 25.7 Å². The van der Waals surface area contributed by atoms with Crippen LogP contribution in [0.15, 0.2) is 24.3 Å². The van der Waals surface area contributed by atoms with Gasteiger partial charge in [0.2, 0.25) is 0 Å². The molecule has 1 saturated carbocycles. The van der Waals surface area contributed by atoms with Gasteiger partial charge in [-0.1, -0.05) is 12.1 Å². The lowest BCUT2D eigenvalue weighted by molar-refractivity contribution is -0.124. The van der Waals surface area contributed by atoms with Gasteiger partial charge in [0.25, 0.3) is 5.91 Å². The molecule has 2 aliphatic rings. The summed E-state index contributed by atoms with van der Waals surface area (Å²) in [5.41, 5.74) is 1.61. The normalized spacial score (nSPS) is 19.2. The van der Waals surface area contributed by atoms with Crippen LogP contribution in [0, 0.1) is 5.92 Å². The number of morpholine rings is 1. The van der Waals surface area contributed by atoms with Crippen molar-refractivity contribution < 1.29 is 19.1 Å². The Balaban J connectivity index is 1.42. The highest BCUT2D eigenvalue weighted by Gasteiger charge is 2.29. The summed E-state index contributed by atoms with van der Waals surface area (Å²) < 4.78 is 10.4. The Kier molecular flexibility index (Phi) is 6.04. The molecule has 25 heavy (non-hydrogen) atoms. The van der Waals surface area contributed by atoms with E-state index in [2.05, 4.69) is 10.2 Å². The first-order valence-electron chi connectivity index (χ1n) is 8.97. The zero-order valence-electron chi connectivity index (χ0n) is 14.7. The number of nitrogens with one attached hydrogen (secondary N) is 1. The number of rotatable bonds is 7. The largest absolute Gasteiger partial charge is 0.452 e. The monoisotopic (exact) mass is 346 g/mol. The Morgan fingerprint density at radius 2 is 1.92 bits per heavy atom. The molecule has 1 amide bonds. The molecule has 1 aromatic rings. The van der Waals surface area contributed by atoms with Gasteiger partial charge in [-0.25, -0.2) is 4.79 Å². The molecule has 3 rings (SSSR count). The van der Waals surface area contributed by atoms with Crippen molar-refractivity contribution in [1.29, 1.82) is 0 Å². The average Bonchev–Trinajstić information content (AvgIpc) is 3.46. The van der Waals surface area contributed by atoms with Crippen LogP contribution in [0.1, 0.15) is 35.7 Å². The molecule has 0 bridgehead atoms. The topological polar surface area (TPSA) is 67.9 Å². The fraction of sp³-hybridized carbons (Fsp3) is 0.579. The second-order valence-corrected chi connectivity index (χ2v) is 6.86. The maximum absolute atomic E-state index is 12.1. The van der Waals surface area contributed by atoms with Crippen molar-refractivity contribution in [2.24, 2.45) is 5.92 Å². The number of hydrogen-bond donors (Lipinski definition) is 1. The van der Waals surface area contributed by atoms with E-state index >= 15 is 0 Å². The van der Waals surface area contributed by atoms with Crippen molar-refractivity contribution >= 4 is 11.9 Å². The number of carbonyl (C=O) groups excluding carboxylic acids is 2. The van der Waals surface area contributed by atoms with Crippen LogP contribution < -0.4 is 5.32 Å². The predicted octanol–water partition coefficient (Wildman–Crippen LogP) is 1.59. The first kappa shape index (κ1) is 17.9. The van der Waals surface area contributed by atoms with Crippen LogP contribution in [0.3, 0.4) is 0 Å². The molecule has 1 aliphatic carbocycles. The highest BCUT2D eigenvalue weighted by molar-refractivity contribution is 5.91. The van der Waals surface area contributed by atoms with Crippen molar-refractivity contribution in [2.45, 2.75) is 32.4 Å². The molecule has 1 heterocycles. The minimum atomic E-state index is -0.466. The van der Waals surface area contributed by atoms with Crippen molar-refractivity contribution in [2.75, 3.05) is 32.9 Å². The van der Waals surface area contributed by atoms with E-state index in [-0.39, 0.29) is 18.6 Å². The van der Waals surface area contributed by atoms with Crippen LogP contribution >= 0.6 is 0 Å². The molecule has 0 aromatic heterocycles. The quantitative estimate of drug-likeness (QED) is 0.760. The number of carbonyl (C=O) groups is 2. The van der Waals surface area contributed by atoms with Crippen molar-refractivity contribution in [1.82, 2.24) is 10.2 Å². The molecular weight excluding hydrogens is 320 g/mol. The first-order chi connectivity index (χ1) is 12.1. The molecule has 1 aromatic carbocycles. The molecule has 1 saturated heterocycles. The summed E-state index contributed by atoms with van der Waals surface area (Å²) in [6.07, 6.45) is 2.33. The number of esters is 1. The minimum Gasteiger partial charge on any atom is -0.452 e. The van der Waals surface area contributed by atoms with Gasteiger partial charge in [0.15, 0.2) is 6.61 Å². The van der Waals surface area contributed by atoms with Gasteiger partial charge in [0.1, 0.15) is 0 Å². The number of nitrogens with zero attached hydrogens (tertiary/aromatic N) is 1. The second-order valence-electron chi connectivity index (χ2n) is 6.86. The van der Waals surface area contributed by atoms with E-state index in [0.717, 1.165) is 51.3 Å². The molecule has 136 valence electrons. The summed E-state index contributed by atoms with van der Waals surface area (Å²) in [4.78, 5) is 26.2. The lowest BCUT2D eigenvalue weighted by atomic mass is 10.1. The lowest BCUT2D eigenvalue weighted by Gasteiger charge is -2.26. The van der Waals surface area contributed by atoms with Gasteiger partial charge in [-0.3, -0.25) is 9.69 Å². The molecule has 6 heteroatoms. The molecule has 0 spiro atoms. The van der Waals surface area contributed by atoms with Gasteiger partial charge in [-0.15, -0.1) is 0 Å². The van der Waals surface area contributed by atoms with Gasteiger partial charge >= 0.3 is 5.97 Å². The third kappa shape index (κ3) is 5.54. The van der Waals surface area contributed by atoms with E-state index in [1.165, 1.54) is 0 Å². The Morgan fingerprint density at radius 1 is 1.24 bits per heavy atom. The highest BCUT2D eigenvalue weighted by Crippen LogP contribution is 2.32. The summed E-state index contributed by atoms with van der Waals surface area (Å²) in [5, 5.41) is 2.87. The standard InChI is InChI=1S/C19H26N2O4/c1-14(16-6-7-16)20-18(22)13-25-19(23)17-4-2-15(3-5-17)12-21-8-10-24-11-9-21/h2-5,14,16H,6-13H2,1H3,(H,20,22)/t14-/m1/s1. The fourth-order valence-corrected chi connectivity index (χ4v) is 2.99. The number of ether oxygens (including phenoxy) is 2. The van der Waals surface area contributed by atoms with Crippen molar-refractivity contribution in [3.63, 3.8) is 0 Å². The fourth-order valence-electron chi connectivity index (χ4n) is 2.99. The maximum atomic E-state index is 12.1. The first-order valence-corrected chi connectivity index (χ1v) is 8.97. The molecule has 6 nitrogen and oxygen atoms in total. The maximum Gasteiger partial charge on any atom is 0.338 e. The Labute approximate surface area is 148 Å². The zero-order chi connectivity index (χ0) is 17.6. The minimum absolute atomic E-state index is 0.158. The summed E-state index contributed by atoms with van der Waals surface area (Å²) in [6, 6.07) is 7.53. The van der Waals surface area contributed by atoms with Crippen LogP contribution in [0.2, 0.25) is 0 Å². The van der Waals surface area contributed by atoms with Gasteiger partial charge < -0.3 is 14.8 Å². The van der Waals surface area contributed by atoms with Gasteiger partial charge in [-0.05, 0) is 43.4 Å². The van der Waals surface area contributed by atoms with E-state index in [4.69, 9.17) is 9.47 Å².